The SMILES string of the molecule is CCCCN(CCCC)CCOc1ccccc1N. The minimum absolute atomic E-state index is 0.710. The third-order valence-electron chi connectivity index (χ3n) is 3.24. The molecule has 1 aromatic rings. The molecular weight excluding hydrogens is 236 g/mol. The van der Waals surface area contributed by atoms with Crippen molar-refractivity contribution in [3.63, 3.8) is 0 Å². The van der Waals surface area contributed by atoms with Crippen molar-refractivity contribution >= 4 is 5.69 Å². The van der Waals surface area contributed by atoms with E-state index in [-0.39, 0.29) is 0 Å². The van der Waals surface area contributed by atoms with Crippen molar-refractivity contribution in [3.05, 3.63) is 24.3 Å². The average Bonchev–Trinajstić information content (AvgIpc) is 2.43. The number of nitrogen functional groups attached to an aromatic ring is 1. The van der Waals surface area contributed by atoms with E-state index in [0.29, 0.717) is 6.61 Å². The van der Waals surface area contributed by atoms with Gasteiger partial charge in [0.15, 0.2) is 0 Å². The molecule has 1 rings (SSSR count). The second-order valence-electron chi connectivity index (χ2n) is 4.94. The lowest BCUT2D eigenvalue weighted by Crippen LogP contribution is -2.30. The van der Waals surface area contributed by atoms with Crippen LogP contribution in [0.3, 0.4) is 0 Å². The lowest BCUT2D eigenvalue weighted by atomic mass is 10.2. The zero-order valence-electron chi connectivity index (χ0n) is 12.4. The molecule has 0 aliphatic carbocycles. The Kier molecular flexibility index (Phi) is 8.07. The van der Waals surface area contributed by atoms with E-state index in [1.165, 1.54) is 38.8 Å². The Labute approximate surface area is 117 Å². The Balaban J connectivity index is 2.32. The summed E-state index contributed by atoms with van der Waals surface area (Å²) in [6, 6.07) is 7.69. The molecule has 1 aromatic carbocycles. The van der Waals surface area contributed by atoms with Crippen LogP contribution in [0.1, 0.15) is 39.5 Å². The van der Waals surface area contributed by atoms with Gasteiger partial charge in [0.1, 0.15) is 12.4 Å². The normalized spacial score (nSPS) is 10.9. The lowest BCUT2D eigenvalue weighted by molar-refractivity contribution is 0.205. The van der Waals surface area contributed by atoms with E-state index in [1.54, 1.807) is 0 Å². The van der Waals surface area contributed by atoms with E-state index in [2.05, 4.69) is 18.7 Å². The summed E-state index contributed by atoms with van der Waals surface area (Å²) in [6.07, 6.45) is 5.01. The molecule has 0 radical (unpaired) electrons. The lowest BCUT2D eigenvalue weighted by Gasteiger charge is -2.22. The molecule has 0 aliphatic heterocycles. The first kappa shape index (κ1) is 15.8. The number of unbranched alkanes of at least 4 members (excludes halogenated alkanes) is 2. The van der Waals surface area contributed by atoms with Crippen molar-refractivity contribution in [2.75, 3.05) is 32.0 Å². The zero-order valence-corrected chi connectivity index (χ0v) is 12.4. The van der Waals surface area contributed by atoms with Crippen LogP contribution in [0, 0.1) is 0 Å². The van der Waals surface area contributed by atoms with Crippen LogP contribution in [0.25, 0.3) is 0 Å². The quantitative estimate of drug-likeness (QED) is 0.657. The van der Waals surface area contributed by atoms with Crippen LogP contribution in [0.15, 0.2) is 24.3 Å². The molecule has 0 aliphatic rings. The molecule has 0 spiro atoms. The fourth-order valence-corrected chi connectivity index (χ4v) is 2.00. The Morgan fingerprint density at radius 1 is 1.00 bits per heavy atom. The van der Waals surface area contributed by atoms with E-state index < -0.39 is 0 Å². The summed E-state index contributed by atoms with van der Waals surface area (Å²) in [5.41, 5.74) is 6.58. The first-order valence-corrected chi connectivity index (χ1v) is 7.47. The van der Waals surface area contributed by atoms with Gasteiger partial charge in [-0.25, -0.2) is 0 Å². The van der Waals surface area contributed by atoms with Crippen molar-refractivity contribution in [1.82, 2.24) is 4.90 Å². The zero-order chi connectivity index (χ0) is 13.9. The number of ether oxygens (including phenoxy) is 1. The van der Waals surface area contributed by atoms with Crippen molar-refractivity contribution in [2.24, 2.45) is 0 Å². The van der Waals surface area contributed by atoms with Crippen LogP contribution in [0.2, 0.25) is 0 Å². The van der Waals surface area contributed by atoms with Gasteiger partial charge >= 0.3 is 0 Å². The molecule has 0 saturated heterocycles. The average molecular weight is 264 g/mol. The maximum absolute atomic E-state index is 5.86. The molecule has 108 valence electrons. The Hall–Kier alpha value is -1.22. The summed E-state index contributed by atoms with van der Waals surface area (Å²) < 4.78 is 5.76. The molecule has 0 unspecified atom stereocenters. The summed E-state index contributed by atoms with van der Waals surface area (Å²) in [7, 11) is 0. The van der Waals surface area contributed by atoms with E-state index in [1.807, 2.05) is 24.3 Å². The largest absolute Gasteiger partial charge is 0.490 e. The first-order chi connectivity index (χ1) is 9.27. The number of hydrogen-bond acceptors (Lipinski definition) is 3. The first-order valence-electron chi connectivity index (χ1n) is 7.47. The number of hydrogen-bond donors (Lipinski definition) is 1. The molecule has 19 heavy (non-hydrogen) atoms. The van der Waals surface area contributed by atoms with Crippen LogP contribution in [-0.4, -0.2) is 31.1 Å². The molecule has 0 heterocycles. The second kappa shape index (κ2) is 9.68. The summed E-state index contributed by atoms with van der Waals surface area (Å²) in [4.78, 5) is 2.49. The van der Waals surface area contributed by atoms with Crippen LogP contribution < -0.4 is 10.5 Å². The Morgan fingerprint density at radius 2 is 1.63 bits per heavy atom. The van der Waals surface area contributed by atoms with Gasteiger partial charge in [0.2, 0.25) is 0 Å². The third-order valence-corrected chi connectivity index (χ3v) is 3.24. The molecule has 3 nitrogen and oxygen atoms in total. The second-order valence-corrected chi connectivity index (χ2v) is 4.94. The van der Waals surface area contributed by atoms with Gasteiger partial charge in [-0.05, 0) is 38.1 Å². The molecule has 2 N–H and O–H groups in total. The van der Waals surface area contributed by atoms with Crippen molar-refractivity contribution < 1.29 is 4.74 Å². The minimum atomic E-state index is 0.710. The summed E-state index contributed by atoms with van der Waals surface area (Å²) >= 11 is 0. The fourth-order valence-electron chi connectivity index (χ4n) is 2.00. The molecule has 3 heteroatoms. The monoisotopic (exact) mass is 264 g/mol. The van der Waals surface area contributed by atoms with Gasteiger partial charge in [0.25, 0.3) is 0 Å². The maximum Gasteiger partial charge on any atom is 0.142 e. The number of nitrogens with zero attached hydrogens (tertiary/aromatic N) is 1. The predicted molar refractivity (Wildman–Crippen MR) is 82.6 cm³/mol. The van der Waals surface area contributed by atoms with Gasteiger partial charge < -0.3 is 10.5 Å². The van der Waals surface area contributed by atoms with E-state index in [4.69, 9.17) is 10.5 Å². The standard InChI is InChI=1S/C16H28N2O/c1-3-5-11-18(12-6-4-2)13-14-19-16-10-8-7-9-15(16)17/h7-10H,3-6,11-14,17H2,1-2H3. The van der Waals surface area contributed by atoms with E-state index in [0.717, 1.165) is 18.0 Å². The number of benzene rings is 1. The summed E-state index contributed by atoms with van der Waals surface area (Å²) in [5.74, 6) is 0.799. The molecule has 0 saturated carbocycles. The molecule has 0 aromatic heterocycles. The van der Waals surface area contributed by atoms with Crippen molar-refractivity contribution in [1.29, 1.82) is 0 Å². The minimum Gasteiger partial charge on any atom is -0.490 e. The number of rotatable bonds is 10. The topological polar surface area (TPSA) is 38.5 Å². The number of anilines is 1. The molecule has 0 fully saturated rings. The van der Waals surface area contributed by atoms with Gasteiger partial charge in [-0.2, -0.15) is 0 Å². The van der Waals surface area contributed by atoms with Crippen LogP contribution in [-0.2, 0) is 0 Å². The highest BCUT2D eigenvalue weighted by Gasteiger charge is 2.05. The third kappa shape index (κ3) is 6.48. The van der Waals surface area contributed by atoms with Gasteiger partial charge in [-0.1, -0.05) is 38.8 Å². The Morgan fingerprint density at radius 3 is 2.21 bits per heavy atom. The predicted octanol–water partition coefficient (Wildman–Crippen LogP) is 3.55. The van der Waals surface area contributed by atoms with Crippen LogP contribution in [0.4, 0.5) is 5.69 Å². The van der Waals surface area contributed by atoms with Gasteiger partial charge in [-0.3, -0.25) is 4.90 Å². The van der Waals surface area contributed by atoms with Gasteiger partial charge in [-0.15, -0.1) is 0 Å². The van der Waals surface area contributed by atoms with Crippen molar-refractivity contribution in [2.45, 2.75) is 39.5 Å². The fraction of sp³-hybridized carbons (Fsp3) is 0.625. The highest BCUT2D eigenvalue weighted by Crippen LogP contribution is 2.19. The molecule has 0 bridgehead atoms. The Bertz CT molecular complexity index is 333. The van der Waals surface area contributed by atoms with Gasteiger partial charge in [0, 0.05) is 6.54 Å². The molecule has 0 amide bonds. The number of nitrogens with two attached hydrogens (primary N) is 1. The van der Waals surface area contributed by atoms with Crippen molar-refractivity contribution in [3.8, 4) is 5.75 Å². The highest BCUT2D eigenvalue weighted by molar-refractivity contribution is 5.51. The number of para-hydroxylation sites is 2. The molecule has 0 atom stereocenters. The molecular formula is C16H28N2O. The van der Waals surface area contributed by atoms with E-state index >= 15 is 0 Å². The van der Waals surface area contributed by atoms with Crippen LogP contribution in [0.5, 0.6) is 5.75 Å². The van der Waals surface area contributed by atoms with E-state index in [9.17, 15) is 0 Å². The highest BCUT2D eigenvalue weighted by atomic mass is 16.5. The maximum atomic E-state index is 5.86. The summed E-state index contributed by atoms with van der Waals surface area (Å²) in [6.45, 7) is 8.50. The van der Waals surface area contributed by atoms with Crippen LogP contribution >= 0.6 is 0 Å². The van der Waals surface area contributed by atoms with Gasteiger partial charge in [0.05, 0.1) is 5.69 Å². The smallest absolute Gasteiger partial charge is 0.142 e. The summed E-state index contributed by atoms with van der Waals surface area (Å²) in [5, 5.41) is 0.